The van der Waals surface area contributed by atoms with Crippen LogP contribution in [0.15, 0.2) is 35.7 Å². The van der Waals surface area contributed by atoms with Crippen molar-refractivity contribution in [2.45, 2.75) is 29.2 Å². The normalized spacial score (nSPS) is 17.2. The number of aryl methyl sites for hydroxylation is 1. The van der Waals surface area contributed by atoms with E-state index in [4.69, 9.17) is 16.7 Å². The smallest absolute Gasteiger partial charge is 0.329 e. The van der Waals surface area contributed by atoms with Gasteiger partial charge in [-0.25, -0.2) is 9.97 Å². The number of fused-ring (bicyclic) bond motifs is 1. The number of rotatable bonds is 6. The van der Waals surface area contributed by atoms with Crippen LogP contribution >= 0.6 is 23.4 Å². The highest BCUT2D eigenvalue weighted by atomic mass is 35.5. The van der Waals surface area contributed by atoms with Gasteiger partial charge in [0.15, 0.2) is 5.16 Å². The number of halogens is 5. The van der Waals surface area contributed by atoms with Crippen LogP contribution in [-0.2, 0) is 24.0 Å². The van der Waals surface area contributed by atoms with E-state index in [-0.39, 0.29) is 12.1 Å². The van der Waals surface area contributed by atoms with Gasteiger partial charge in [0.2, 0.25) is 0 Å². The molecule has 12 heteroatoms. The maximum Gasteiger partial charge on any atom is 0.329 e. The molecule has 0 spiro atoms. The molecule has 1 aromatic carbocycles. The summed E-state index contributed by atoms with van der Waals surface area (Å²) in [4.78, 5) is 20.6. The van der Waals surface area contributed by atoms with Gasteiger partial charge in [0, 0.05) is 24.0 Å². The minimum Gasteiger partial charge on any atom is -0.481 e. The summed E-state index contributed by atoms with van der Waals surface area (Å²) in [6.07, 6.45) is 2.79. The summed E-state index contributed by atoms with van der Waals surface area (Å²) in [5, 5.41) is 9.67. The van der Waals surface area contributed by atoms with E-state index in [0.29, 0.717) is 32.5 Å². The molecule has 2 aromatic heterocycles. The van der Waals surface area contributed by atoms with Gasteiger partial charge in [-0.3, -0.25) is 4.79 Å². The Bertz CT molecular complexity index is 1190. The van der Waals surface area contributed by atoms with Crippen molar-refractivity contribution in [2.75, 3.05) is 18.0 Å². The summed E-state index contributed by atoms with van der Waals surface area (Å²) < 4.78 is 56.4. The van der Waals surface area contributed by atoms with E-state index in [9.17, 15) is 22.4 Å². The van der Waals surface area contributed by atoms with Crippen LogP contribution in [0.1, 0.15) is 11.1 Å². The fourth-order valence-corrected chi connectivity index (χ4v) is 4.46. The predicted molar refractivity (Wildman–Crippen MR) is 113 cm³/mol. The van der Waals surface area contributed by atoms with Crippen molar-refractivity contribution in [3.8, 4) is 0 Å². The molecule has 3 heterocycles. The fourth-order valence-electron chi connectivity index (χ4n) is 3.52. The number of aromatic nitrogens is 3. The number of alkyl halides is 4. The lowest BCUT2D eigenvalue weighted by Gasteiger charge is -2.15. The Morgan fingerprint density at radius 2 is 1.94 bits per heavy atom. The molecule has 6 nitrogen and oxygen atoms in total. The number of aliphatic carboxylic acids is 1. The topological polar surface area (TPSA) is 71.2 Å². The van der Waals surface area contributed by atoms with E-state index in [2.05, 4.69) is 9.97 Å². The van der Waals surface area contributed by atoms with Gasteiger partial charge >= 0.3 is 17.8 Å². The van der Waals surface area contributed by atoms with E-state index in [0.717, 1.165) is 10.5 Å². The summed E-state index contributed by atoms with van der Waals surface area (Å²) in [7, 11) is 1.66. The molecule has 0 aliphatic carbocycles. The van der Waals surface area contributed by atoms with Gasteiger partial charge in [0.25, 0.3) is 0 Å². The minimum atomic E-state index is -4.12. The second-order valence-electron chi connectivity index (χ2n) is 7.56. The van der Waals surface area contributed by atoms with Crippen LogP contribution in [0.4, 0.5) is 23.2 Å². The zero-order valence-electron chi connectivity index (χ0n) is 16.7. The molecule has 0 unspecified atom stereocenters. The molecule has 0 radical (unpaired) electrons. The molecule has 0 amide bonds. The summed E-state index contributed by atoms with van der Waals surface area (Å²) in [6, 6.07) is 5.05. The van der Waals surface area contributed by atoms with Crippen molar-refractivity contribution in [2.24, 2.45) is 7.05 Å². The van der Waals surface area contributed by atoms with Gasteiger partial charge in [0.05, 0.1) is 36.9 Å². The van der Waals surface area contributed by atoms with Gasteiger partial charge < -0.3 is 14.6 Å². The number of anilines is 1. The quantitative estimate of drug-likeness (QED) is 0.310. The van der Waals surface area contributed by atoms with E-state index in [1.54, 1.807) is 29.8 Å². The summed E-state index contributed by atoms with van der Waals surface area (Å²) >= 11 is 7.28. The first kappa shape index (κ1) is 22.7. The SMILES string of the molecule is Cn1cc(N2CC(F)(F)C(F)(F)C2)c2nc(SCc3ccc(Cl)c(CC(=O)O)c3)ncc21. The van der Waals surface area contributed by atoms with Gasteiger partial charge in [-0.05, 0) is 17.2 Å². The summed E-state index contributed by atoms with van der Waals surface area (Å²) in [5.41, 5.74) is 2.31. The third-order valence-electron chi connectivity index (χ3n) is 5.16. The van der Waals surface area contributed by atoms with Gasteiger partial charge in [-0.2, -0.15) is 17.6 Å². The molecule has 0 bridgehead atoms. The van der Waals surface area contributed by atoms with Gasteiger partial charge in [-0.15, -0.1) is 0 Å². The highest BCUT2D eigenvalue weighted by Crippen LogP contribution is 2.44. The van der Waals surface area contributed by atoms with Crippen LogP contribution in [0.25, 0.3) is 11.0 Å². The van der Waals surface area contributed by atoms with Crippen LogP contribution in [0, 0.1) is 0 Å². The Morgan fingerprint density at radius 3 is 2.59 bits per heavy atom. The predicted octanol–water partition coefficient (Wildman–Crippen LogP) is 4.63. The molecule has 3 aromatic rings. The van der Waals surface area contributed by atoms with E-state index < -0.39 is 30.9 Å². The van der Waals surface area contributed by atoms with Gasteiger partial charge in [0.1, 0.15) is 5.52 Å². The third-order valence-corrected chi connectivity index (χ3v) is 6.46. The Balaban J connectivity index is 1.58. The van der Waals surface area contributed by atoms with Crippen molar-refractivity contribution in [1.29, 1.82) is 0 Å². The molecular formula is C20H17ClF4N4O2S. The van der Waals surface area contributed by atoms with E-state index >= 15 is 0 Å². The number of carbonyl (C=O) groups is 1. The van der Waals surface area contributed by atoms with Crippen LogP contribution in [-0.4, -0.2) is 50.5 Å². The molecule has 170 valence electrons. The fraction of sp³-hybridized carbons (Fsp3) is 0.350. The number of thioether (sulfide) groups is 1. The average Bonchev–Trinajstić information content (AvgIpc) is 3.14. The van der Waals surface area contributed by atoms with Crippen molar-refractivity contribution < 1.29 is 27.5 Å². The van der Waals surface area contributed by atoms with Crippen LogP contribution in [0.2, 0.25) is 5.02 Å². The monoisotopic (exact) mass is 488 g/mol. The van der Waals surface area contributed by atoms with Crippen molar-refractivity contribution >= 4 is 46.1 Å². The molecule has 1 aliphatic rings. The first-order valence-electron chi connectivity index (χ1n) is 9.41. The second-order valence-corrected chi connectivity index (χ2v) is 8.91. The highest BCUT2D eigenvalue weighted by Gasteiger charge is 2.63. The maximum absolute atomic E-state index is 13.7. The largest absolute Gasteiger partial charge is 0.481 e. The van der Waals surface area contributed by atoms with E-state index in [1.807, 2.05) is 0 Å². The molecule has 0 atom stereocenters. The number of hydrogen-bond donors (Lipinski definition) is 1. The number of nitrogens with zero attached hydrogens (tertiary/aromatic N) is 4. The first-order valence-corrected chi connectivity index (χ1v) is 10.8. The number of carboxylic acid groups (broad SMARTS) is 1. The lowest BCUT2D eigenvalue weighted by molar-refractivity contribution is -0.172. The Kier molecular flexibility index (Phi) is 5.74. The Labute approximate surface area is 189 Å². The third kappa shape index (κ3) is 4.23. The molecule has 1 aliphatic heterocycles. The van der Waals surface area contributed by atoms with Gasteiger partial charge in [-0.1, -0.05) is 35.5 Å². The Morgan fingerprint density at radius 1 is 1.25 bits per heavy atom. The Hall–Kier alpha value is -2.53. The number of benzene rings is 1. The number of hydrogen-bond acceptors (Lipinski definition) is 5. The lowest BCUT2D eigenvalue weighted by atomic mass is 10.1. The second kappa shape index (κ2) is 8.11. The molecule has 1 fully saturated rings. The molecular weight excluding hydrogens is 472 g/mol. The van der Waals surface area contributed by atoms with Crippen molar-refractivity contribution in [3.63, 3.8) is 0 Å². The first-order chi connectivity index (χ1) is 15.0. The molecule has 1 N–H and O–H groups in total. The van der Waals surface area contributed by atoms with Crippen molar-refractivity contribution in [1.82, 2.24) is 14.5 Å². The molecule has 4 rings (SSSR count). The lowest BCUT2D eigenvalue weighted by Crippen LogP contribution is -2.38. The standard InChI is InChI=1S/C20H17ClF4N4O2S/c1-28-7-15(29-9-19(22,23)20(24,25)10-29)17-14(28)6-26-18(27-17)32-8-11-2-3-13(21)12(4-11)5-16(30)31/h2-4,6-7H,5,8-10H2,1H3,(H,30,31). The van der Waals surface area contributed by atoms with Crippen molar-refractivity contribution in [3.05, 3.63) is 46.7 Å². The maximum atomic E-state index is 13.7. The molecule has 0 saturated carbocycles. The summed E-state index contributed by atoms with van der Waals surface area (Å²) in [5.74, 6) is -8.85. The van der Waals surface area contributed by atoms with Crippen LogP contribution in [0.5, 0.6) is 0 Å². The van der Waals surface area contributed by atoms with E-state index in [1.165, 1.54) is 24.2 Å². The minimum absolute atomic E-state index is 0.193. The van der Waals surface area contributed by atoms with Crippen LogP contribution in [0.3, 0.4) is 0 Å². The zero-order valence-corrected chi connectivity index (χ0v) is 18.2. The summed E-state index contributed by atoms with van der Waals surface area (Å²) in [6.45, 7) is -2.19. The van der Waals surface area contributed by atoms with Crippen LogP contribution < -0.4 is 4.90 Å². The average molecular weight is 489 g/mol. The molecule has 32 heavy (non-hydrogen) atoms. The molecule has 1 saturated heterocycles. The number of carboxylic acids is 1. The highest BCUT2D eigenvalue weighted by molar-refractivity contribution is 7.98. The zero-order chi connectivity index (χ0) is 23.3.